The fourth-order valence-electron chi connectivity index (χ4n) is 3.89. The Morgan fingerprint density at radius 3 is 2.39 bits per heavy atom. The quantitative estimate of drug-likeness (QED) is 0.163. The summed E-state index contributed by atoms with van der Waals surface area (Å²) in [5.41, 5.74) is 1.28. The number of Topliss-reactive ketones (excluding diaryl/α,β-unsaturated/α-hetero) is 1. The topological polar surface area (TPSA) is 101 Å². The van der Waals surface area contributed by atoms with E-state index in [1.807, 2.05) is 6.92 Å². The summed E-state index contributed by atoms with van der Waals surface area (Å²) >= 11 is 0. The van der Waals surface area contributed by atoms with Gasteiger partial charge in [0.1, 0.15) is 5.76 Å². The van der Waals surface area contributed by atoms with Gasteiger partial charge in [-0.05, 0) is 19.4 Å². The molecule has 1 N–H and O–H groups in total. The van der Waals surface area contributed by atoms with Gasteiger partial charge in [-0.3, -0.25) is 19.7 Å². The highest BCUT2D eigenvalue weighted by molar-refractivity contribution is 6.46. The van der Waals surface area contributed by atoms with Crippen LogP contribution in [0, 0.1) is 17.0 Å². The van der Waals surface area contributed by atoms with Crippen molar-refractivity contribution in [1.29, 1.82) is 0 Å². The van der Waals surface area contributed by atoms with Crippen molar-refractivity contribution in [2.75, 3.05) is 6.54 Å². The van der Waals surface area contributed by atoms with Crippen molar-refractivity contribution in [2.45, 2.75) is 45.6 Å². The van der Waals surface area contributed by atoms with Gasteiger partial charge in [0.15, 0.2) is 0 Å². The maximum Gasteiger partial charge on any atom is 0.295 e. The minimum atomic E-state index is -1.01. The summed E-state index contributed by atoms with van der Waals surface area (Å²) in [5, 5.41) is 22.7. The molecule has 1 aliphatic heterocycles. The smallest absolute Gasteiger partial charge is 0.295 e. The Bertz CT molecular complexity index is 1030. The summed E-state index contributed by atoms with van der Waals surface area (Å²) in [6, 6.07) is 11.9. The molecule has 7 nitrogen and oxygen atoms in total. The lowest BCUT2D eigenvalue weighted by Crippen LogP contribution is -2.31. The number of ketones is 1. The van der Waals surface area contributed by atoms with Gasteiger partial charge in [0.05, 0.1) is 22.1 Å². The van der Waals surface area contributed by atoms with Crippen molar-refractivity contribution in [3.05, 3.63) is 80.9 Å². The van der Waals surface area contributed by atoms with E-state index >= 15 is 0 Å². The minimum absolute atomic E-state index is 0.112. The van der Waals surface area contributed by atoms with Crippen LogP contribution in [0.3, 0.4) is 0 Å². The zero-order chi connectivity index (χ0) is 22.5. The third-order valence-electron chi connectivity index (χ3n) is 5.55. The maximum absolute atomic E-state index is 13.0. The number of nitrogens with zero attached hydrogens (tertiary/aromatic N) is 2. The number of nitro benzene ring substituents is 1. The number of amides is 1. The summed E-state index contributed by atoms with van der Waals surface area (Å²) in [6.07, 6.45) is 3.55. The van der Waals surface area contributed by atoms with Gasteiger partial charge in [-0.2, -0.15) is 0 Å². The van der Waals surface area contributed by atoms with Crippen LogP contribution in [0.2, 0.25) is 0 Å². The Balaban J connectivity index is 2.15. The van der Waals surface area contributed by atoms with E-state index in [1.165, 1.54) is 23.1 Å². The molecule has 0 aliphatic carbocycles. The van der Waals surface area contributed by atoms with Crippen molar-refractivity contribution >= 4 is 23.1 Å². The van der Waals surface area contributed by atoms with E-state index in [2.05, 4.69) is 6.92 Å². The number of benzene rings is 2. The van der Waals surface area contributed by atoms with Crippen molar-refractivity contribution < 1.29 is 19.6 Å². The number of nitro groups is 1. The molecule has 1 saturated heterocycles. The monoisotopic (exact) mass is 422 g/mol. The molecule has 1 amide bonds. The molecule has 0 bridgehead atoms. The lowest BCUT2D eigenvalue weighted by Gasteiger charge is -2.25. The zero-order valence-electron chi connectivity index (χ0n) is 17.7. The second kappa shape index (κ2) is 9.55. The molecule has 1 unspecified atom stereocenters. The third-order valence-corrected chi connectivity index (χ3v) is 5.55. The number of carbonyl (C=O) groups excluding carboxylic acids is 2. The SMILES string of the molecule is CCCCCCN1C(=O)C(=O)/C(=C(\O)c2ccc(C)cc2)C1c1ccccc1[N+](=O)[O-]. The molecular weight excluding hydrogens is 396 g/mol. The highest BCUT2D eigenvalue weighted by Crippen LogP contribution is 2.42. The Morgan fingerprint density at radius 2 is 1.74 bits per heavy atom. The number of aliphatic hydroxyl groups is 1. The van der Waals surface area contributed by atoms with Crippen LogP contribution in [-0.2, 0) is 9.59 Å². The number of aryl methyl sites for hydroxylation is 1. The van der Waals surface area contributed by atoms with E-state index in [0.29, 0.717) is 12.0 Å². The number of rotatable bonds is 8. The second-order valence-electron chi connectivity index (χ2n) is 7.74. The first-order chi connectivity index (χ1) is 14.9. The molecule has 0 radical (unpaired) electrons. The molecule has 31 heavy (non-hydrogen) atoms. The van der Waals surface area contributed by atoms with Crippen molar-refractivity contribution in [1.82, 2.24) is 4.90 Å². The van der Waals surface area contributed by atoms with Crippen LogP contribution < -0.4 is 0 Å². The number of aliphatic hydroxyl groups excluding tert-OH is 1. The van der Waals surface area contributed by atoms with Crippen LogP contribution in [0.1, 0.15) is 55.3 Å². The Labute approximate surface area is 181 Å². The molecule has 2 aromatic carbocycles. The van der Waals surface area contributed by atoms with Crippen LogP contribution in [0.15, 0.2) is 54.1 Å². The fraction of sp³-hybridized carbons (Fsp3) is 0.333. The van der Waals surface area contributed by atoms with Crippen molar-refractivity contribution in [3.8, 4) is 0 Å². The van der Waals surface area contributed by atoms with Gasteiger partial charge < -0.3 is 10.0 Å². The molecule has 1 atom stereocenters. The summed E-state index contributed by atoms with van der Waals surface area (Å²) in [7, 11) is 0. The van der Waals surface area contributed by atoms with E-state index in [0.717, 1.165) is 24.8 Å². The zero-order valence-corrected chi connectivity index (χ0v) is 17.7. The summed E-state index contributed by atoms with van der Waals surface area (Å²) in [5.74, 6) is -1.89. The highest BCUT2D eigenvalue weighted by Gasteiger charge is 2.47. The number of likely N-dealkylation sites (tertiary alicyclic amines) is 1. The average molecular weight is 422 g/mol. The van der Waals surface area contributed by atoms with Gasteiger partial charge in [0.25, 0.3) is 17.4 Å². The Morgan fingerprint density at radius 1 is 1.06 bits per heavy atom. The average Bonchev–Trinajstić information content (AvgIpc) is 3.01. The van der Waals surface area contributed by atoms with Gasteiger partial charge in [0.2, 0.25) is 0 Å². The Hall–Kier alpha value is -3.48. The van der Waals surface area contributed by atoms with Crippen LogP contribution in [0.4, 0.5) is 5.69 Å². The molecule has 7 heteroatoms. The summed E-state index contributed by atoms with van der Waals surface area (Å²) < 4.78 is 0. The molecule has 0 saturated carbocycles. The van der Waals surface area contributed by atoms with Crippen LogP contribution in [-0.4, -0.2) is 33.2 Å². The molecule has 3 rings (SSSR count). The molecule has 2 aromatic rings. The van der Waals surface area contributed by atoms with Gasteiger partial charge in [0, 0.05) is 18.2 Å². The van der Waals surface area contributed by atoms with Crippen LogP contribution in [0.25, 0.3) is 5.76 Å². The fourth-order valence-corrected chi connectivity index (χ4v) is 3.89. The molecule has 1 aliphatic rings. The third kappa shape index (κ3) is 4.50. The highest BCUT2D eigenvalue weighted by atomic mass is 16.6. The predicted molar refractivity (Wildman–Crippen MR) is 117 cm³/mol. The van der Waals surface area contributed by atoms with Gasteiger partial charge in [-0.15, -0.1) is 0 Å². The Kier molecular flexibility index (Phi) is 6.84. The van der Waals surface area contributed by atoms with E-state index in [1.54, 1.807) is 30.3 Å². The maximum atomic E-state index is 13.0. The molecule has 1 fully saturated rings. The molecule has 0 spiro atoms. The first-order valence-electron chi connectivity index (χ1n) is 10.5. The largest absolute Gasteiger partial charge is 0.507 e. The predicted octanol–water partition coefficient (Wildman–Crippen LogP) is 4.91. The van der Waals surface area contributed by atoms with Crippen LogP contribution in [0.5, 0.6) is 0 Å². The van der Waals surface area contributed by atoms with Crippen molar-refractivity contribution in [2.24, 2.45) is 0 Å². The van der Waals surface area contributed by atoms with Gasteiger partial charge in [-0.25, -0.2) is 0 Å². The first kappa shape index (κ1) is 22.2. The van der Waals surface area contributed by atoms with Crippen molar-refractivity contribution in [3.63, 3.8) is 0 Å². The van der Waals surface area contributed by atoms with Gasteiger partial charge in [-0.1, -0.05) is 68.1 Å². The van der Waals surface area contributed by atoms with Crippen LogP contribution >= 0.6 is 0 Å². The summed E-state index contributed by atoms with van der Waals surface area (Å²) in [4.78, 5) is 38.4. The lowest BCUT2D eigenvalue weighted by molar-refractivity contribution is -0.385. The van der Waals surface area contributed by atoms with Gasteiger partial charge >= 0.3 is 0 Å². The van der Waals surface area contributed by atoms with E-state index in [-0.39, 0.29) is 29.1 Å². The van der Waals surface area contributed by atoms with E-state index in [4.69, 9.17) is 0 Å². The second-order valence-corrected chi connectivity index (χ2v) is 7.74. The number of hydrogen-bond acceptors (Lipinski definition) is 5. The van der Waals surface area contributed by atoms with E-state index < -0.39 is 22.7 Å². The number of para-hydroxylation sites is 1. The molecule has 0 aromatic heterocycles. The number of hydrogen-bond donors (Lipinski definition) is 1. The normalized spacial score (nSPS) is 17.9. The molecule has 1 heterocycles. The first-order valence-corrected chi connectivity index (χ1v) is 10.5. The molecular formula is C24H26N2O5. The number of carbonyl (C=O) groups is 2. The standard InChI is InChI=1S/C24H26N2O5/c1-3-4-5-8-15-25-21(18-9-6-7-10-19(18)26(30)31)20(23(28)24(25)29)22(27)17-13-11-16(2)12-14-17/h6-7,9-14,21,27H,3-5,8,15H2,1-2H3/b22-20-. The lowest BCUT2D eigenvalue weighted by atomic mass is 9.94. The van der Waals surface area contributed by atoms with E-state index in [9.17, 15) is 24.8 Å². The minimum Gasteiger partial charge on any atom is -0.507 e. The molecule has 162 valence electrons. The summed E-state index contributed by atoms with van der Waals surface area (Å²) in [6.45, 7) is 4.25. The number of unbranched alkanes of at least 4 members (excludes halogenated alkanes) is 3.